The second kappa shape index (κ2) is 12.5. The maximum Gasteiger partial charge on any atom is 0.446 e. The van der Waals surface area contributed by atoms with Gasteiger partial charge in [-0.1, -0.05) is 6.07 Å². The van der Waals surface area contributed by atoms with Crippen LogP contribution in [0.5, 0.6) is 11.5 Å². The Kier molecular flexibility index (Phi) is 9.00. The molecule has 0 heterocycles. The maximum atomic E-state index is 14.9. The summed E-state index contributed by atoms with van der Waals surface area (Å²) in [5.74, 6) is -2.20. The summed E-state index contributed by atoms with van der Waals surface area (Å²) >= 11 is -0.261. The summed E-state index contributed by atoms with van der Waals surface area (Å²) in [6, 6.07) is 7.45. The van der Waals surface area contributed by atoms with E-state index in [1.165, 1.54) is 37.4 Å². The lowest BCUT2D eigenvalue weighted by Gasteiger charge is -2.31. The van der Waals surface area contributed by atoms with E-state index in [1.54, 1.807) is 0 Å². The van der Waals surface area contributed by atoms with Crippen LogP contribution in [0.3, 0.4) is 0 Å². The van der Waals surface area contributed by atoms with Gasteiger partial charge in [0.05, 0.1) is 24.7 Å². The monoisotopic (exact) mass is 608 g/mol. The van der Waals surface area contributed by atoms with Crippen LogP contribution in [0.4, 0.5) is 23.2 Å². The molecule has 0 saturated heterocycles. The fraction of sp³-hybridized carbons (Fsp3) is 0.500. The molecule has 7 nitrogen and oxygen atoms in total. The summed E-state index contributed by atoms with van der Waals surface area (Å²) in [4.78, 5) is 38.0. The molecule has 2 amide bonds. The second-order valence-electron chi connectivity index (χ2n) is 11.2. The largest absolute Gasteiger partial charge is 0.496 e. The molecule has 2 N–H and O–H groups in total. The number of anilines is 1. The highest BCUT2D eigenvalue weighted by Crippen LogP contribution is 2.49. The van der Waals surface area contributed by atoms with Crippen LogP contribution in [0.15, 0.2) is 41.3 Å². The summed E-state index contributed by atoms with van der Waals surface area (Å²) in [5.41, 5.74) is -4.15. The van der Waals surface area contributed by atoms with Crippen molar-refractivity contribution < 1.29 is 41.4 Å². The van der Waals surface area contributed by atoms with Crippen molar-refractivity contribution in [2.45, 2.75) is 67.5 Å². The van der Waals surface area contributed by atoms with Gasteiger partial charge in [0.1, 0.15) is 12.0 Å². The first-order valence-electron chi connectivity index (χ1n) is 14.0. The number of methoxy groups -OCH3 is 1. The number of carbonyl (C=O) groups is 3. The maximum absolute atomic E-state index is 14.9. The molecular formula is C30H32F4N2O5S. The molecular weight excluding hydrogens is 576 g/mol. The molecule has 0 radical (unpaired) electrons. The summed E-state index contributed by atoms with van der Waals surface area (Å²) in [6.07, 6.45) is 5.51. The Balaban J connectivity index is 1.30. The summed E-state index contributed by atoms with van der Waals surface area (Å²) in [6.45, 7) is 0. The van der Waals surface area contributed by atoms with Crippen molar-refractivity contribution in [2.24, 2.45) is 23.7 Å². The van der Waals surface area contributed by atoms with E-state index in [-0.39, 0.29) is 69.2 Å². The minimum atomic E-state index is -4.45. The van der Waals surface area contributed by atoms with Gasteiger partial charge < -0.3 is 24.9 Å². The zero-order valence-corrected chi connectivity index (χ0v) is 23.7. The highest BCUT2D eigenvalue weighted by molar-refractivity contribution is 8.00. The van der Waals surface area contributed by atoms with Gasteiger partial charge in [-0.15, -0.1) is 0 Å². The van der Waals surface area contributed by atoms with E-state index < -0.39 is 29.2 Å². The molecule has 2 bridgehead atoms. The second-order valence-corrected chi connectivity index (χ2v) is 12.3. The average Bonchev–Trinajstić information content (AvgIpc) is 3.55. The van der Waals surface area contributed by atoms with Crippen LogP contribution >= 0.6 is 11.8 Å². The highest BCUT2D eigenvalue weighted by Gasteiger charge is 2.51. The van der Waals surface area contributed by atoms with Gasteiger partial charge in [-0.2, -0.15) is 13.2 Å². The fourth-order valence-electron chi connectivity index (χ4n) is 6.60. The molecule has 3 saturated carbocycles. The Bertz CT molecular complexity index is 1330. The molecule has 4 atom stereocenters. The normalized spacial score (nSPS) is 26.9. The lowest BCUT2D eigenvalue weighted by molar-refractivity contribution is -0.122. The third-order valence-corrected chi connectivity index (χ3v) is 9.28. The summed E-state index contributed by atoms with van der Waals surface area (Å²) < 4.78 is 64.6. The van der Waals surface area contributed by atoms with Crippen molar-refractivity contribution in [2.75, 3.05) is 12.4 Å². The quantitative estimate of drug-likeness (QED) is 0.195. The van der Waals surface area contributed by atoms with E-state index in [4.69, 9.17) is 9.47 Å². The molecule has 42 heavy (non-hydrogen) atoms. The number of benzene rings is 2. The molecule has 3 aliphatic carbocycles. The van der Waals surface area contributed by atoms with Crippen molar-refractivity contribution in [3.8, 4) is 11.5 Å². The number of amides is 2. The molecule has 2 aromatic carbocycles. The smallest absolute Gasteiger partial charge is 0.446 e. The van der Waals surface area contributed by atoms with E-state index in [2.05, 4.69) is 10.6 Å². The molecule has 12 heteroatoms. The highest BCUT2D eigenvalue weighted by atomic mass is 32.2. The Morgan fingerprint density at radius 3 is 2.43 bits per heavy atom. The van der Waals surface area contributed by atoms with Gasteiger partial charge in [0.15, 0.2) is 11.6 Å². The lowest BCUT2D eigenvalue weighted by atomic mass is 9.83. The third kappa shape index (κ3) is 6.85. The van der Waals surface area contributed by atoms with Crippen LogP contribution in [0.2, 0.25) is 0 Å². The Morgan fingerprint density at radius 2 is 1.74 bits per heavy atom. The molecule has 4 unspecified atom stereocenters. The van der Waals surface area contributed by atoms with Crippen LogP contribution in [-0.2, 0) is 9.59 Å². The number of nitrogens with one attached hydrogen (secondary N) is 2. The Morgan fingerprint density at radius 1 is 1.00 bits per heavy atom. The predicted octanol–water partition coefficient (Wildman–Crippen LogP) is 6.37. The van der Waals surface area contributed by atoms with Gasteiger partial charge in [0.25, 0.3) is 5.91 Å². The van der Waals surface area contributed by atoms with Crippen molar-refractivity contribution in [1.82, 2.24) is 5.32 Å². The first kappa shape index (κ1) is 30.2. The molecule has 2 aromatic rings. The first-order chi connectivity index (χ1) is 20.0. The average molecular weight is 609 g/mol. The van der Waals surface area contributed by atoms with E-state index in [1.807, 2.05) is 0 Å². The number of alkyl halides is 3. The summed E-state index contributed by atoms with van der Waals surface area (Å²) in [7, 11) is 1.33. The van der Waals surface area contributed by atoms with Crippen LogP contribution in [0.25, 0.3) is 0 Å². The molecule has 0 aliphatic heterocycles. The van der Waals surface area contributed by atoms with E-state index >= 15 is 0 Å². The zero-order valence-electron chi connectivity index (χ0n) is 22.9. The van der Waals surface area contributed by atoms with Crippen molar-refractivity contribution >= 4 is 35.5 Å². The van der Waals surface area contributed by atoms with Crippen LogP contribution in [0.1, 0.15) is 55.3 Å². The standard InChI is InChI=1S/C30H32F4N2O5S/c1-40-24-14-23(31)25(41-20-9-5-16(15-37)6-10-20)13-22(24)28(38)36-27-18-8-7-17(11-18)26(27)29(39)35-19-3-2-4-21(12-19)42-30(32,33)34/h2-4,12-18,20,26-27H,5-11H2,1H3,(H,35,39)(H,36,38). The van der Waals surface area contributed by atoms with E-state index in [9.17, 15) is 31.9 Å². The number of hydrogen-bond acceptors (Lipinski definition) is 6. The number of rotatable bonds is 9. The fourth-order valence-corrected chi connectivity index (χ4v) is 7.20. The number of fused-ring (bicyclic) bond motifs is 2. The SMILES string of the molecule is COc1cc(F)c(OC2CCC(C=O)CC2)cc1C(=O)NC1C2CCC(C2)C1C(=O)Nc1cccc(SC(F)(F)F)c1. The number of ether oxygens (including phenoxy) is 2. The number of halogens is 4. The number of hydrogen-bond donors (Lipinski definition) is 2. The van der Waals surface area contributed by atoms with Crippen LogP contribution < -0.4 is 20.1 Å². The van der Waals surface area contributed by atoms with Gasteiger partial charge in [0, 0.05) is 28.6 Å². The number of aldehydes is 1. The lowest BCUT2D eigenvalue weighted by Crippen LogP contribution is -2.48. The van der Waals surface area contributed by atoms with Gasteiger partial charge in [-0.05, 0) is 92.8 Å². The molecule has 0 aromatic heterocycles. The topological polar surface area (TPSA) is 93.7 Å². The van der Waals surface area contributed by atoms with Crippen molar-refractivity contribution in [3.05, 3.63) is 47.8 Å². The van der Waals surface area contributed by atoms with Gasteiger partial charge in [0.2, 0.25) is 5.91 Å². The third-order valence-electron chi connectivity index (χ3n) is 8.56. The van der Waals surface area contributed by atoms with Crippen molar-refractivity contribution in [1.29, 1.82) is 0 Å². The van der Waals surface area contributed by atoms with Gasteiger partial charge in [-0.3, -0.25) is 9.59 Å². The summed E-state index contributed by atoms with van der Waals surface area (Å²) in [5, 5.41) is 5.72. The Labute approximate surface area is 245 Å². The molecule has 3 fully saturated rings. The molecule has 5 rings (SSSR count). The minimum Gasteiger partial charge on any atom is -0.496 e. The van der Waals surface area contributed by atoms with Crippen molar-refractivity contribution in [3.63, 3.8) is 0 Å². The predicted molar refractivity (Wildman–Crippen MR) is 148 cm³/mol. The number of thioether (sulfide) groups is 1. The zero-order chi connectivity index (χ0) is 30.0. The van der Waals surface area contributed by atoms with Gasteiger partial charge in [-0.25, -0.2) is 4.39 Å². The van der Waals surface area contributed by atoms with E-state index in [0.29, 0.717) is 25.7 Å². The Hall–Kier alpha value is -3.28. The van der Waals surface area contributed by atoms with Crippen LogP contribution in [-0.4, -0.2) is 42.9 Å². The van der Waals surface area contributed by atoms with Gasteiger partial charge >= 0.3 is 5.51 Å². The molecule has 0 spiro atoms. The molecule has 3 aliphatic rings. The minimum absolute atomic E-state index is 0.0172. The van der Waals surface area contributed by atoms with E-state index in [0.717, 1.165) is 31.6 Å². The first-order valence-corrected chi connectivity index (χ1v) is 14.8. The van der Waals surface area contributed by atoms with Crippen LogP contribution in [0, 0.1) is 29.5 Å². The number of carbonyl (C=O) groups excluding carboxylic acids is 3. The molecule has 226 valence electrons.